The summed E-state index contributed by atoms with van der Waals surface area (Å²) in [5.41, 5.74) is 1.52. The van der Waals surface area contributed by atoms with Gasteiger partial charge in [-0.25, -0.2) is 0 Å². The van der Waals surface area contributed by atoms with Gasteiger partial charge < -0.3 is 5.32 Å². The molecule has 1 nitrogen and oxygen atoms in total. The van der Waals surface area contributed by atoms with Crippen molar-refractivity contribution in [3.05, 3.63) is 12.3 Å². The summed E-state index contributed by atoms with van der Waals surface area (Å²) in [5.74, 6) is 0.590. The van der Waals surface area contributed by atoms with E-state index in [-0.39, 0.29) is 0 Å². The molecule has 0 spiro atoms. The molecule has 0 unspecified atom stereocenters. The van der Waals surface area contributed by atoms with Crippen LogP contribution >= 0.6 is 0 Å². The SMILES string of the molecule is C=C(NCC(C)(C)C)[C@@H](C)CC.CC. The van der Waals surface area contributed by atoms with Gasteiger partial charge in [0, 0.05) is 12.2 Å². The summed E-state index contributed by atoms with van der Waals surface area (Å²) in [4.78, 5) is 0. The maximum Gasteiger partial charge on any atom is 0.0192 e. The maximum absolute atomic E-state index is 4.02. The van der Waals surface area contributed by atoms with Crippen molar-refractivity contribution in [3.63, 3.8) is 0 Å². The minimum Gasteiger partial charge on any atom is -0.388 e. The Hall–Kier alpha value is -0.460. The smallest absolute Gasteiger partial charge is 0.0192 e. The predicted octanol–water partition coefficient (Wildman–Crippen LogP) is 4.21. The second-order valence-corrected chi connectivity index (χ2v) is 4.75. The molecule has 86 valence electrons. The van der Waals surface area contributed by atoms with Gasteiger partial charge in [0.15, 0.2) is 0 Å². The van der Waals surface area contributed by atoms with Crippen molar-refractivity contribution in [1.29, 1.82) is 0 Å². The Morgan fingerprint density at radius 1 is 1.29 bits per heavy atom. The van der Waals surface area contributed by atoms with Crippen LogP contribution in [0.1, 0.15) is 54.9 Å². The van der Waals surface area contributed by atoms with Gasteiger partial charge in [0.2, 0.25) is 0 Å². The fraction of sp³-hybridized carbons (Fsp3) is 0.846. The van der Waals surface area contributed by atoms with E-state index >= 15 is 0 Å². The second-order valence-electron chi connectivity index (χ2n) is 4.75. The molecule has 0 bridgehead atoms. The van der Waals surface area contributed by atoms with Gasteiger partial charge in [-0.05, 0) is 17.8 Å². The summed E-state index contributed by atoms with van der Waals surface area (Å²) < 4.78 is 0. The molecular weight excluding hydrogens is 170 g/mol. The number of rotatable bonds is 4. The Balaban J connectivity index is 0. The average molecular weight is 199 g/mol. The third-order valence-corrected chi connectivity index (χ3v) is 2.05. The minimum atomic E-state index is 0.344. The van der Waals surface area contributed by atoms with Gasteiger partial charge in [0.1, 0.15) is 0 Å². The van der Waals surface area contributed by atoms with Crippen molar-refractivity contribution >= 4 is 0 Å². The number of nitrogens with one attached hydrogen (secondary N) is 1. The highest BCUT2D eigenvalue weighted by molar-refractivity contribution is 4.96. The quantitative estimate of drug-likeness (QED) is 0.715. The molecule has 1 heteroatoms. The molecule has 0 saturated carbocycles. The molecule has 0 heterocycles. The van der Waals surface area contributed by atoms with Crippen molar-refractivity contribution in [3.8, 4) is 0 Å². The van der Waals surface area contributed by atoms with Gasteiger partial charge in [-0.1, -0.05) is 55.0 Å². The first-order valence-electron chi connectivity index (χ1n) is 5.79. The van der Waals surface area contributed by atoms with Crippen LogP contribution in [0.4, 0.5) is 0 Å². The van der Waals surface area contributed by atoms with Gasteiger partial charge in [0.05, 0.1) is 0 Å². The molecule has 0 fully saturated rings. The Morgan fingerprint density at radius 3 is 2.00 bits per heavy atom. The Kier molecular flexibility index (Phi) is 9.02. The molecule has 0 aliphatic carbocycles. The molecule has 14 heavy (non-hydrogen) atoms. The fourth-order valence-corrected chi connectivity index (χ4v) is 0.799. The van der Waals surface area contributed by atoms with Gasteiger partial charge in [-0.2, -0.15) is 0 Å². The molecule has 0 aromatic rings. The summed E-state index contributed by atoms with van der Waals surface area (Å²) in [6, 6.07) is 0. The minimum absolute atomic E-state index is 0.344. The highest BCUT2D eigenvalue weighted by Gasteiger charge is 2.11. The van der Waals surface area contributed by atoms with Gasteiger partial charge in [0.25, 0.3) is 0 Å². The Morgan fingerprint density at radius 2 is 1.71 bits per heavy atom. The standard InChI is InChI=1S/C11H23N.C2H6/c1-7-9(2)10(3)12-8-11(4,5)6;1-2/h9,12H,3,7-8H2,1-2,4-6H3;1-2H3/t9-;/m0./s1. The maximum atomic E-state index is 4.02. The largest absolute Gasteiger partial charge is 0.388 e. The monoisotopic (exact) mass is 199 g/mol. The molecule has 1 atom stereocenters. The van der Waals surface area contributed by atoms with Crippen LogP contribution in [0.2, 0.25) is 0 Å². The lowest BCUT2D eigenvalue weighted by Crippen LogP contribution is -2.28. The van der Waals surface area contributed by atoms with Crippen LogP contribution in [0.25, 0.3) is 0 Å². The van der Waals surface area contributed by atoms with Crippen molar-refractivity contribution in [2.24, 2.45) is 11.3 Å². The van der Waals surface area contributed by atoms with E-state index in [4.69, 9.17) is 0 Å². The van der Waals surface area contributed by atoms with E-state index in [9.17, 15) is 0 Å². The van der Waals surface area contributed by atoms with E-state index < -0.39 is 0 Å². The summed E-state index contributed by atoms with van der Waals surface area (Å²) in [6.07, 6.45) is 1.16. The molecular formula is C13H29N. The second kappa shape index (κ2) is 7.90. The normalized spacial score (nSPS) is 12.5. The van der Waals surface area contributed by atoms with Crippen LogP contribution in [-0.4, -0.2) is 6.54 Å². The summed E-state index contributed by atoms with van der Waals surface area (Å²) in [5, 5.41) is 3.38. The van der Waals surface area contributed by atoms with E-state index in [0.29, 0.717) is 11.3 Å². The fourth-order valence-electron chi connectivity index (χ4n) is 0.799. The lowest BCUT2D eigenvalue weighted by molar-refractivity contribution is 0.386. The number of hydrogen-bond acceptors (Lipinski definition) is 1. The van der Waals surface area contributed by atoms with Crippen LogP contribution in [-0.2, 0) is 0 Å². The summed E-state index contributed by atoms with van der Waals surface area (Å²) in [6.45, 7) is 20.1. The third kappa shape index (κ3) is 9.63. The first-order chi connectivity index (χ1) is 6.37. The lowest BCUT2D eigenvalue weighted by atomic mass is 9.96. The molecule has 0 saturated heterocycles. The van der Waals surface area contributed by atoms with Crippen LogP contribution in [0.3, 0.4) is 0 Å². The van der Waals surface area contributed by atoms with Crippen LogP contribution in [0.15, 0.2) is 12.3 Å². The van der Waals surface area contributed by atoms with E-state index in [1.54, 1.807) is 0 Å². The zero-order valence-corrected chi connectivity index (χ0v) is 11.2. The number of hydrogen-bond donors (Lipinski definition) is 1. The van der Waals surface area contributed by atoms with Crippen LogP contribution < -0.4 is 5.32 Å². The van der Waals surface area contributed by atoms with Crippen LogP contribution in [0, 0.1) is 11.3 Å². The van der Waals surface area contributed by atoms with E-state index in [2.05, 4.69) is 46.5 Å². The molecule has 0 radical (unpaired) electrons. The van der Waals surface area contributed by atoms with Crippen molar-refractivity contribution in [2.75, 3.05) is 6.54 Å². The number of allylic oxidation sites excluding steroid dienone is 1. The van der Waals surface area contributed by atoms with Crippen molar-refractivity contribution in [1.82, 2.24) is 5.32 Å². The van der Waals surface area contributed by atoms with Gasteiger partial charge in [-0.3, -0.25) is 0 Å². The average Bonchev–Trinajstić information content (AvgIpc) is 2.15. The van der Waals surface area contributed by atoms with Crippen LogP contribution in [0.5, 0.6) is 0 Å². The Bertz CT molecular complexity index is 142. The van der Waals surface area contributed by atoms with E-state index in [1.807, 2.05) is 13.8 Å². The van der Waals surface area contributed by atoms with Crippen molar-refractivity contribution in [2.45, 2.75) is 54.9 Å². The zero-order chi connectivity index (χ0) is 11.8. The summed E-state index contributed by atoms with van der Waals surface area (Å²) in [7, 11) is 0. The van der Waals surface area contributed by atoms with E-state index in [0.717, 1.165) is 13.0 Å². The molecule has 0 aliphatic rings. The highest BCUT2D eigenvalue weighted by Crippen LogP contribution is 2.14. The zero-order valence-electron chi connectivity index (χ0n) is 11.2. The van der Waals surface area contributed by atoms with Gasteiger partial charge >= 0.3 is 0 Å². The Labute approximate surface area is 91.0 Å². The third-order valence-electron chi connectivity index (χ3n) is 2.05. The molecule has 0 aromatic carbocycles. The molecule has 0 aromatic heterocycles. The molecule has 1 N–H and O–H groups in total. The van der Waals surface area contributed by atoms with Crippen molar-refractivity contribution < 1.29 is 0 Å². The van der Waals surface area contributed by atoms with Gasteiger partial charge in [-0.15, -0.1) is 0 Å². The first-order valence-corrected chi connectivity index (χ1v) is 5.79. The lowest BCUT2D eigenvalue weighted by Gasteiger charge is -2.23. The summed E-state index contributed by atoms with van der Waals surface area (Å²) >= 11 is 0. The predicted molar refractivity (Wildman–Crippen MR) is 67.4 cm³/mol. The molecule has 0 aliphatic heterocycles. The topological polar surface area (TPSA) is 12.0 Å². The first kappa shape index (κ1) is 16.0. The highest BCUT2D eigenvalue weighted by atomic mass is 14.9. The molecule has 0 amide bonds. The molecule has 0 rings (SSSR count). The van der Waals surface area contributed by atoms with E-state index in [1.165, 1.54) is 5.70 Å².